The summed E-state index contributed by atoms with van der Waals surface area (Å²) < 4.78 is 5.71. The zero-order valence-corrected chi connectivity index (χ0v) is 15.8. The number of aryl methyl sites for hydroxylation is 1. The minimum absolute atomic E-state index is 0.0163. The first-order valence-electron chi connectivity index (χ1n) is 8.77. The van der Waals surface area contributed by atoms with E-state index in [9.17, 15) is 9.59 Å². The van der Waals surface area contributed by atoms with Crippen LogP contribution >= 0.6 is 0 Å². The van der Waals surface area contributed by atoms with Crippen molar-refractivity contribution in [3.8, 4) is 5.75 Å². The molecule has 26 heavy (non-hydrogen) atoms. The highest BCUT2D eigenvalue weighted by Crippen LogP contribution is 2.25. The molecular weight excluding hydrogens is 328 g/mol. The van der Waals surface area contributed by atoms with Gasteiger partial charge in [0.15, 0.2) is 0 Å². The van der Waals surface area contributed by atoms with Gasteiger partial charge in [0.25, 0.3) is 0 Å². The summed E-state index contributed by atoms with van der Waals surface area (Å²) in [7, 11) is 0. The Labute approximate surface area is 155 Å². The molecule has 5 heteroatoms. The van der Waals surface area contributed by atoms with Gasteiger partial charge in [0.2, 0.25) is 11.8 Å². The van der Waals surface area contributed by atoms with Crippen LogP contribution in [0.15, 0.2) is 48.5 Å². The second-order valence-corrected chi connectivity index (χ2v) is 6.47. The molecule has 2 aromatic rings. The largest absolute Gasteiger partial charge is 0.489 e. The molecule has 0 bridgehead atoms. The van der Waals surface area contributed by atoms with Crippen LogP contribution in [-0.2, 0) is 9.59 Å². The number of benzene rings is 2. The monoisotopic (exact) mass is 354 g/mol. The molecule has 0 spiro atoms. The number of hydrogen-bond donors (Lipinski definition) is 1. The minimum atomic E-state index is -0.163. The second kappa shape index (κ2) is 9.04. The number of anilines is 2. The molecule has 2 amide bonds. The number of carbonyl (C=O) groups is 2. The lowest BCUT2D eigenvalue weighted by molar-refractivity contribution is -0.117. The first-order chi connectivity index (χ1) is 12.4. The third-order valence-electron chi connectivity index (χ3n) is 3.78. The van der Waals surface area contributed by atoms with Gasteiger partial charge in [0, 0.05) is 25.6 Å². The van der Waals surface area contributed by atoms with E-state index in [0.29, 0.717) is 18.0 Å². The van der Waals surface area contributed by atoms with Gasteiger partial charge in [0.1, 0.15) is 5.75 Å². The Kier molecular flexibility index (Phi) is 6.78. The topological polar surface area (TPSA) is 58.6 Å². The van der Waals surface area contributed by atoms with Crippen LogP contribution in [0.25, 0.3) is 0 Å². The van der Waals surface area contributed by atoms with Crippen LogP contribution in [0.5, 0.6) is 5.75 Å². The molecule has 0 aliphatic heterocycles. The van der Waals surface area contributed by atoms with Crippen molar-refractivity contribution in [3.05, 3.63) is 54.1 Å². The summed E-state index contributed by atoms with van der Waals surface area (Å²) in [6.07, 6.45) is 0.214. The Bertz CT molecular complexity index is 771. The number of amides is 2. The molecule has 0 aromatic heterocycles. The summed E-state index contributed by atoms with van der Waals surface area (Å²) in [5.41, 5.74) is 2.50. The van der Waals surface area contributed by atoms with Gasteiger partial charge in [-0.2, -0.15) is 0 Å². The highest BCUT2D eigenvalue weighted by atomic mass is 16.5. The van der Waals surface area contributed by atoms with Gasteiger partial charge in [0.05, 0.1) is 11.8 Å². The summed E-state index contributed by atoms with van der Waals surface area (Å²) in [6, 6.07) is 15.0. The van der Waals surface area contributed by atoms with Crippen molar-refractivity contribution in [2.45, 2.75) is 40.2 Å². The maximum atomic E-state index is 12.4. The Morgan fingerprint density at radius 1 is 1.12 bits per heavy atom. The molecule has 2 aromatic carbocycles. The number of ether oxygens (including phenoxy) is 1. The Morgan fingerprint density at radius 2 is 1.85 bits per heavy atom. The first-order valence-corrected chi connectivity index (χ1v) is 8.77. The molecule has 1 N–H and O–H groups in total. The summed E-state index contributed by atoms with van der Waals surface area (Å²) in [6.45, 7) is 7.67. The van der Waals surface area contributed by atoms with Gasteiger partial charge in [-0.05, 0) is 50.6 Å². The van der Waals surface area contributed by atoms with Gasteiger partial charge in [-0.3, -0.25) is 9.59 Å². The Balaban J connectivity index is 2.02. The van der Waals surface area contributed by atoms with E-state index in [-0.39, 0.29) is 24.3 Å². The Morgan fingerprint density at radius 3 is 2.50 bits per heavy atom. The van der Waals surface area contributed by atoms with Crippen LogP contribution in [0, 0.1) is 6.92 Å². The summed E-state index contributed by atoms with van der Waals surface area (Å²) >= 11 is 0. The van der Waals surface area contributed by atoms with Crippen molar-refractivity contribution in [1.29, 1.82) is 0 Å². The summed E-state index contributed by atoms with van der Waals surface area (Å²) in [5.74, 6) is 0.383. The van der Waals surface area contributed by atoms with Crippen LogP contribution in [0.4, 0.5) is 11.4 Å². The van der Waals surface area contributed by atoms with Crippen molar-refractivity contribution in [2.75, 3.05) is 16.8 Å². The first kappa shape index (κ1) is 19.5. The molecule has 0 saturated carbocycles. The maximum absolute atomic E-state index is 12.4. The molecule has 0 aliphatic rings. The van der Waals surface area contributed by atoms with Crippen molar-refractivity contribution >= 4 is 23.2 Å². The fourth-order valence-electron chi connectivity index (χ4n) is 2.62. The standard InChI is InChI=1S/C21H26N2O3/c1-15(2)26-20-11-6-5-10-19(20)22-21(25)12-13-23(17(4)24)18-9-7-8-16(3)14-18/h5-11,14-15H,12-13H2,1-4H3,(H,22,25). The highest BCUT2D eigenvalue weighted by molar-refractivity contribution is 5.95. The van der Waals surface area contributed by atoms with Gasteiger partial charge in [-0.15, -0.1) is 0 Å². The molecule has 5 nitrogen and oxygen atoms in total. The van der Waals surface area contributed by atoms with Crippen LogP contribution in [-0.4, -0.2) is 24.5 Å². The number of nitrogens with zero attached hydrogens (tertiary/aromatic N) is 1. The average Bonchev–Trinajstić information content (AvgIpc) is 2.56. The third kappa shape index (κ3) is 5.62. The zero-order valence-electron chi connectivity index (χ0n) is 15.8. The molecule has 0 unspecified atom stereocenters. The lowest BCUT2D eigenvalue weighted by atomic mass is 10.2. The van der Waals surface area contributed by atoms with E-state index in [1.807, 2.05) is 63.2 Å². The molecule has 0 saturated heterocycles. The van der Waals surface area contributed by atoms with E-state index in [4.69, 9.17) is 4.74 Å². The normalized spacial score (nSPS) is 10.5. The third-order valence-corrected chi connectivity index (χ3v) is 3.78. The van der Waals surface area contributed by atoms with E-state index in [2.05, 4.69) is 5.32 Å². The lowest BCUT2D eigenvalue weighted by Crippen LogP contribution is -2.32. The van der Waals surface area contributed by atoms with Crippen molar-refractivity contribution in [3.63, 3.8) is 0 Å². The molecule has 0 aliphatic carbocycles. The number of hydrogen-bond acceptors (Lipinski definition) is 3. The van der Waals surface area contributed by atoms with Crippen LogP contribution in [0.1, 0.15) is 32.8 Å². The molecule has 0 fully saturated rings. The highest BCUT2D eigenvalue weighted by Gasteiger charge is 2.15. The molecule has 138 valence electrons. The second-order valence-electron chi connectivity index (χ2n) is 6.47. The minimum Gasteiger partial charge on any atom is -0.489 e. The Hall–Kier alpha value is -2.82. The van der Waals surface area contributed by atoms with Gasteiger partial charge < -0.3 is 15.0 Å². The lowest BCUT2D eigenvalue weighted by Gasteiger charge is -2.21. The quantitative estimate of drug-likeness (QED) is 0.812. The van der Waals surface area contributed by atoms with E-state index in [1.54, 1.807) is 11.0 Å². The van der Waals surface area contributed by atoms with E-state index >= 15 is 0 Å². The number of rotatable bonds is 7. The van der Waals surface area contributed by atoms with Crippen molar-refractivity contribution in [1.82, 2.24) is 0 Å². The molecule has 0 radical (unpaired) electrons. The molecular formula is C21H26N2O3. The fourth-order valence-corrected chi connectivity index (χ4v) is 2.62. The molecule has 0 heterocycles. The fraction of sp³-hybridized carbons (Fsp3) is 0.333. The van der Waals surface area contributed by atoms with Gasteiger partial charge in [-0.1, -0.05) is 24.3 Å². The van der Waals surface area contributed by atoms with E-state index in [0.717, 1.165) is 11.3 Å². The van der Waals surface area contributed by atoms with E-state index < -0.39 is 0 Å². The smallest absolute Gasteiger partial charge is 0.226 e. The molecule has 0 atom stereocenters. The number of carbonyl (C=O) groups excluding carboxylic acids is 2. The van der Waals surface area contributed by atoms with Crippen LogP contribution in [0.3, 0.4) is 0 Å². The number of para-hydroxylation sites is 2. The summed E-state index contributed by atoms with van der Waals surface area (Å²) in [4.78, 5) is 26.0. The average molecular weight is 354 g/mol. The van der Waals surface area contributed by atoms with Gasteiger partial charge in [-0.25, -0.2) is 0 Å². The predicted molar refractivity (Wildman–Crippen MR) is 105 cm³/mol. The van der Waals surface area contributed by atoms with Crippen molar-refractivity contribution < 1.29 is 14.3 Å². The summed E-state index contributed by atoms with van der Waals surface area (Å²) in [5, 5.41) is 2.87. The SMILES string of the molecule is CC(=O)N(CCC(=O)Nc1ccccc1OC(C)C)c1cccc(C)c1. The molecule has 2 rings (SSSR count). The van der Waals surface area contributed by atoms with Crippen molar-refractivity contribution in [2.24, 2.45) is 0 Å². The van der Waals surface area contributed by atoms with E-state index in [1.165, 1.54) is 6.92 Å². The predicted octanol–water partition coefficient (Wildman–Crippen LogP) is 4.16. The maximum Gasteiger partial charge on any atom is 0.226 e. The van der Waals surface area contributed by atoms with Crippen LogP contribution in [0.2, 0.25) is 0 Å². The zero-order chi connectivity index (χ0) is 19.1. The number of nitrogens with one attached hydrogen (secondary N) is 1. The van der Waals surface area contributed by atoms with Crippen LogP contribution < -0.4 is 15.0 Å². The van der Waals surface area contributed by atoms with Gasteiger partial charge >= 0.3 is 0 Å².